The van der Waals surface area contributed by atoms with E-state index in [0.717, 1.165) is 12.1 Å². The van der Waals surface area contributed by atoms with Crippen LogP contribution in [0.1, 0.15) is 30.5 Å². The van der Waals surface area contributed by atoms with Gasteiger partial charge in [-0.15, -0.1) is 6.58 Å². The van der Waals surface area contributed by atoms with E-state index in [1.807, 2.05) is 6.92 Å². The second kappa shape index (κ2) is 7.46. The van der Waals surface area contributed by atoms with Gasteiger partial charge in [0.15, 0.2) is 0 Å². The zero-order valence-electron chi connectivity index (χ0n) is 13.5. The van der Waals surface area contributed by atoms with Crippen molar-refractivity contribution in [3.8, 4) is 0 Å². The Labute approximate surface area is 141 Å². The van der Waals surface area contributed by atoms with Gasteiger partial charge in [-0.1, -0.05) is 17.7 Å². The van der Waals surface area contributed by atoms with Crippen LogP contribution in [0.2, 0.25) is 5.15 Å². The van der Waals surface area contributed by atoms with Gasteiger partial charge in [-0.25, -0.2) is 5.01 Å². The highest BCUT2D eigenvalue weighted by atomic mass is 35.5. The monoisotopic (exact) mass is 336 g/mol. The average Bonchev–Trinajstić information content (AvgIpc) is 3.09. The van der Waals surface area contributed by atoms with E-state index in [4.69, 9.17) is 11.6 Å². The maximum atomic E-state index is 12.4. The molecule has 0 radical (unpaired) electrons. The summed E-state index contributed by atoms with van der Waals surface area (Å²) in [7, 11) is 1.75. The Morgan fingerprint density at radius 2 is 2.04 bits per heavy atom. The quantitative estimate of drug-likeness (QED) is 0.612. The smallest absolute Gasteiger partial charge is 0.265 e. The highest BCUT2D eigenvalue weighted by Gasteiger charge is 2.28. The minimum absolute atomic E-state index is 0.0558. The molecular formula is C16H21ClN4O2. The third-order valence-electron chi connectivity index (χ3n) is 3.72. The predicted octanol–water partition coefficient (Wildman–Crippen LogP) is 2.34. The first kappa shape index (κ1) is 17.3. The SMILES string of the molecule is C=CCCC(=O)N1CCCN1C(=O)C=Cc1c(C)nn(C)c1Cl. The lowest BCUT2D eigenvalue weighted by Gasteiger charge is -2.26. The molecule has 0 aromatic carbocycles. The molecule has 1 aromatic heterocycles. The van der Waals surface area contributed by atoms with E-state index in [2.05, 4.69) is 11.7 Å². The molecule has 1 saturated heterocycles. The molecule has 1 aliphatic heterocycles. The van der Waals surface area contributed by atoms with Gasteiger partial charge < -0.3 is 0 Å². The third kappa shape index (κ3) is 3.82. The first-order valence-corrected chi connectivity index (χ1v) is 7.93. The highest BCUT2D eigenvalue weighted by molar-refractivity contribution is 6.31. The molecule has 2 rings (SSSR count). The Kier molecular flexibility index (Phi) is 5.60. The van der Waals surface area contributed by atoms with Gasteiger partial charge in [-0.3, -0.25) is 19.3 Å². The van der Waals surface area contributed by atoms with Crippen LogP contribution in [0.5, 0.6) is 0 Å². The second-order valence-electron chi connectivity index (χ2n) is 5.41. The third-order valence-corrected chi connectivity index (χ3v) is 4.17. The van der Waals surface area contributed by atoms with Gasteiger partial charge in [0.25, 0.3) is 5.91 Å². The molecule has 2 heterocycles. The van der Waals surface area contributed by atoms with Gasteiger partial charge in [-0.05, 0) is 25.8 Å². The number of carbonyl (C=O) groups is 2. The Hall–Kier alpha value is -2.08. The number of hydrogen-bond acceptors (Lipinski definition) is 3. The lowest BCUT2D eigenvalue weighted by Crippen LogP contribution is -2.44. The van der Waals surface area contributed by atoms with Gasteiger partial charge in [-0.2, -0.15) is 5.10 Å². The van der Waals surface area contributed by atoms with Crippen molar-refractivity contribution in [2.45, 2.75) is 26.2 Å². The van der Waals surface area contributed by atoms with Crippen LogP contribution in [-0.2, 0) is 16.6 Å². The fourth-order valence-electron chi connectivity index (χ4n) is 2.53. The Bertz CT molecular complexity index is 651. The molecule has 0 atom stereocenters. The molecule has 0 bridgehead atoms. The molecule has 0 aliphatic carbocycles. The summed E-state index contributed by atoms with van der Waals surface area (Å²) in [6.45, 7) is 6.56. The van der Waals surface area contributed by atoms with E-state index in [-0.39, 0.29) is 11.8 Å². The summed E-state index contributed by atoms with van der Waals surface area (Å²) in [6, 6.07) is 0. The van der Waals surface area contributed by atoms with Gasteiger partial charge >= 0.3 is 0 Å². The van der Waals surface area contributed by atoms with E-state index in [0.29, 0.717) is 36.6 Å². The van der Waals surface area contributed by atoms with Crippen molar-refractivity contribution in [1.29, 1.82) is 0 Å². The second-order valence-corrected chi connectivity index (χ2v) is 5.76. The maximum absolute atomic E-state index is 12.4. The van der Waals surface area contributed by atoms with Crippen molar-refractivity contribution in [3.05, 3.63) is 35.1 Å². The fourth-order valence-corrected chi connectivity index (χ4v) is 2.77. The number of rotatable bonds is 5. The van der Waals surface area contributed by atoms with Crippen molar-refractivity contribution < 1.29 is 9.59 Å². The number of aryl methyl sites for hydroxylation is 2. The number of allylic oxidation sites excluding steroid dienone is 1. The van der Waals surface area contributed by atoms with Crippen LogP contribution in [-0.4, -0.2) is 44.7 Å². The predicted molar refractivity (Wildman–Crippen MR) is 89.5 cm³/mol. The summed E-state index contributed by atoms with van der Waals surface area (Å²) in [5.41, 5.74) is 1.47. The van der Waals surface area contributed by atoms with Crippen molar-refractivity contribution in [3.63, 3.8) is 0 Å². The first-order valence-electron chi connectivity index (χ1n) is 7.55. The molecule has 7 heteroatoms. The highest BCUT2D eigenvalue weighted by Crippen LogP contribution is 2.21. The van der Waals surface area contributed by atoms with E-state index in [1.165, 1.54) is 16.1 Å². The molecule has 124 valence electrons. The molecule has 1 aliphatic rings. The summed E-state index contributed by atoms with van der Waals surface area (Å²) in [5.74, 6) is -0.284. The zero-order valence-corrected chi connectivity index (χ0v) is 14.2. The molecule has 0 spiro atoms. The average molecular weight is 337 g/mol. The molecule has 0 N–H and O–H groups in total. The van der Waals surface area contributed by atoms with Gasteiger partial charge in [0, 0.05) is 38.2 Å². The number of nitrogens with zero attached hydrogens (tertiary/aromatic N) is 4. The maximum Gasteiger partial charge on any atom is 0.265 e. The van der Waals surface area contributed by atoms with Gasteiger partial charge in [0.1, 0.15) is 5.15 Å². The van der Waals surface area contributed by atoms with Crippen LogP contribution in [0.15, 0.2) is 18.7 Å². The summed E-state index contributed by atoms with van der Waals surface area (Å²) >= 11 is 6.14. The molecular weight excluding hydrogens is 316 g/mol. The molecule has 1 fully saturated rings. The number of hydrazine groups is 1. The Morgan fingerprint density at radius 3 is 2.65 bits per heavy atom. The summed E-state index contributed by atoms with van der Waals surface area (Å²) < 4.78 is 1.56. The van der Waals surface area contributed by atoms with Crippen molar-refractivity contribution in [2.75, 3.05) is 13.1 Å². The number of amides is 2. The van der Waals surface area contributed by atoms with Crippen LogP contribution in [0.4, 0.5) is 0 Å². The van der Waals surface area contributed by atoms with Crippen molar-refractivity contribution in [2.24, 2.45) is 7.05 Å². The van der Waals surface area contributed by atoms with E-state index in [9.17, 15) is 9.59 Å². The van der Waals surface area contributed by atoms with Gasteiger partial charge in [0.05, 0.1) is 5.69 Å². The molecule has 23 heavy (non-hydrogen) atoms. The number of aromatic nitrogens is 2. The lowest BCUT2D eigenvalue weighted by atomic mass is 10.2. The number of halogens is 1. The minimum atomic E-state index is -0.228. The van der Waals surface area contributed by atoms with Crippen LogP contribution < -0.4 is 0 Å². The van der Waals surface area contributed by atoms with Crippen LogP contribution in [0.25, 0.3) is 6.08 Å². The number of carbonyl (C=O) groups excluding carboxylic acids is 2. The molecule has 6 nitrogen and oxygen atoms in total. The van der Waals surface area contributed by atoms with E-state index >= 15 is 0 Å². The van der Waals surface area contributed by atoms with Crippen LogP contribution in [0.3, 0.4) is 0 Å². The minimum Gasteiger partial charge on any atom is -0.273 e. The lowest BCUT2D eigenvalue weighted by molar-refractivity contribution is -0.154. The molecule has 2 amide bonds. The Morgan fingerprint density at radius 1 is 1.35 bits per heavy atom. The van der Waals surface area contributed by atoms with Crippen molar-refractivity contribution >= 4 is 29.5 Å². The summed E-state index contributed by atoms with van der Waals surface area (Å²) in [6.07, 6.45) is 6.55. The van der Waals surface area contributed by atoms with E-state index in [1.54, 1.807) is 23.9 Å². The zero-order chi connectivity index (χ0) is 17.0. The summed E-state index contributed by atoms with van der Waals surface area (Å²) in [4.78, 5) is 24.5. The standard InChI is InChI=1S/C16H21ClN4O2/c1-4-5-7-14(22)20-10-6-11-21(20)15(23)9-8-13-12(2)18-19(3)16(13)17/h4,8-9H,1,5-7,10-11H2,2-3H3. The normalized spacial score (nSPS) is 14.7. The molecule has 0 saturated carbocycles. The topological polar surface area (TPSA) is 58.4 Å². The Balaban J connectivity index is 2.08. The van der Waals surface area contributed by atoms with E-state index < -0.39 is 0 Å². The van der Waals surface area contributed by atoms with Gasteiger partial charge in [0.2, 0.25) is 5.91 Å². The largest absolute Gasteiger partial charge is 0.273 e. The molecule has 1 aromatic rings. The number of hydrogen-bond donors (Lipinski definition) is 0. The summed E-state index contributed by atoms with van der Waals surface area (Å²) in [5, 5.41) is 7.69. The van der Waals surface area contributed by atoms with Crippen molar-refractivity contribution in [1.82, 2.24) is 19.8 Å². The van der Waals surface area contributed by atoms with Crippen LogP contribution in [0, 0.1) is 6.92 Å². The van der Waals surface area contributed by atoms with Crippen LogP contribution >= 0.6 is 11.6 Å². The first-order chi connectivity index (χ1) is 11.0. The molecule has 0 unspecified atom stereocenters. The fraction of sp³-hybridized carbons (Fsp3) is 0.438.